The van der Waals surface area contributed by atoms with Crippen LogP contribution < -0.4 is 5.32 Å². The molecule has 0 radical (unpaired) electrons. The van der Waals surface area contributed by atoms with E-state index in [1.54, 1.807) is 7.05 Å². The minimum Gasteiger partial charge on any atom is -0.479 e. The number of halogens is 1. The number of fused-ring (bicyclic) bond motifs is 1. The molecule has 0 amide bonds. The Morgan fingerprint density at radius 2 is 2.03 bits per heavy atom. The van der Waals surface area contributed by atoms with Gasteiger partial charge < -0.3 is 35.2 Å². The smallest absolute Gasteiger partial charge is 0.344 e. The van der Waals surface area contributed by atoms with Crippen molar-refractivity contribution in [3.63, 3.8) is 0 Å². The number of rotatable bonds is 11. The third kappa shape index (κ3) is 5.12. The molecule has 0 aromatic carbocycles. The highest BCUT2D eigenvalue weighted by molar-refractivity contribution is 6.28. The number of carbonyl (C=O) groups is 2. The molecule has 0 bridgehead atoms. The Balaban J connectivity index is 2.33. The van der Waals surface area contributed by atoms with Crippen LogP contribution >= 0.6 is 11.6 Å². The van der Waals surface area contributed by atoms with E-state index in [9.17, 15) is 19.8 Å². The van der Waals surface area contributed by atoms with Crippen LogP contribution in [0.4, 0.5) is 5.82 Å². The molecule has 14 heteroatoms. The topological polar surface area (TPSA) is 189 Å². The number of nitrogens with zero attached hydrogens (tertiary/aromatic N) is 4. The second-order valence-corrected chi connectivity index (χ2v) is 6.09. The Morgan fingerprint density at radius 3 is 2.57 bits per heavy atom. The largest absolute Gasteiger partial charge is 0.479 e. The highest BCUT2D eigenvalue weighted by Crippen LogP contribution is 2.26. The number of aliphatic carboxylic acids is 2. The number of imidazole rings is 1. The maximum atomic E-state index is 10.9. The lowest BCUT2D eigenvalue weighted by molar-refractivity contribution is -0.175. The molecule has 5 N–H and O–H groups in total. The summed E-state index contributed by atoms with van der Waals surface area (Å²) in [4.78, 5) is 34.0. The first-order chi connectivity index (χ1) is 14.2. The van der Waals surface area contributed by atoms with Gasteiger partial charge in [-0.15, -0.1) is 6.42 Å². The number of ether oxygens (including phenoxy) is 2. The lowest BCUT2D eigenvalue weighted by atomic mass is 10.3. The Morgan fingerprint density at radius 1 is 1.37 bits per heavy atom. The van der Waals surface area contributed by atoms with Crippen LogP contribution in [0.2, 0.25) is 5.28 Å². The van der Waals surface area contributed by atoms with Crippen molar-refractivity contribution in [1.29, 1.82) is 0 Å². The minimum absolute atomic E-state index is 0.129. The Hall–Kier alpha value is -3.02. The van der Waals surface area contributed by atoms with E-state index in [1.165, 1.54) is 10.9 Å². The number of aromatic nitrogens is 4. The molecule has 0 spiro atoms. The van der Waals surface area contributed by atoms with Crippen LogP contribution in [0.25, 0.3) is 11.2 Å². The van der Waals surface area contributed by atoms with Crippen LogP contribution in [0.1, 0.15) is 6.23 Å². The van der Waals surface area contributed by atoms with Crippen molar-refractivity contribution in [3.05, 3.63) is 11.6 Å². The molecule has 2 aromatic rings. The summed E-state index contributed by atoms with van der Waals surface area (Å²) < 4.78 is 11.6. The molecule has 2 rings (SSSR count). The summed E-state index contributed by atoms with van der Waals surface area (Å²) in [7, 11) is 1.59. The van der Waals surface area contributed by atoms with Gasteiger partial charge in [-0.25, -0.2) is 14.6 Å². The normalized spacial score (nSPS) is 14.3. The zero-order valence-electron chi connectivity index (χ0n) is 15.5. The molecular weight excluding hydrogens is 426 g/mol. The third-order valence-corrected chi connectivity index (χ3v) is 3.95. The van der Waals surface area contributed by atoms with Crippen LogP contribution in [-0.2, 0) is 19.1 Å². The number of aliphatic hydroxyl groups is 2. The highest BCUT2D eigenvalue weighted by atomic mass is 35.5. The molecule has 0 aliphatic heterocycles. The van der Waals surface area contributed by atoms with E-state index in [0.717, 1.165) is 0 Å². The minimum atomic E-state index is -2.17. The van der Waals surface area contributed by atoms with Crippen LogP contribution in [0.15, 0.2) is 6.33 Å². The van der Waals surface area contributed by atoms with Gasteiger partial charge in [0.25, 0.3) is 6.10 Å². The number of nitrogens with one attached hydrogen (secondary N) is 1. The lowest BCUT2D eigenvalue weighted by Crippen LogP contribution is -2.38. The first-order valence-corrected chi connectivity index (χ1v) is 8.66. The second-order valence-electron chi connectivity index (χ2n) is 5.75. The van der Waals surface area contributed by atoms with Crippen molar-refractivity contribution in [3.8, 4) is 12.3 Å². The van der Waals surface area contributed by atoms with Gasteiger partial charge >= 0.3 is 11.9 Å². The summed E-state index contributed by atoms with van der Waals surface area (Å²) in [6, 6.07) is 0. The van der Waals surface area contributed by atoms with E-state index in [1.807, 2.05) is 0 Å². The Kier molecular flexibility index (Phi) is 7.86. The van der Waals surface area contributed by atoms with Gasteiger partial charge in [-0.1, -0.05) is 5.92 Å². The standard InChI is InChI=1S/C16H18ClN5O8/c1-3-8(24)13(30-7(4-23)5-29-10(14(25)26)15(27)28)22-6-19-9-11(18-2)20-16(17)21-12(9)22/h1,6-8,10,13,23-24H,4-5H2,2H3,(H,25,26)(H,27,28)(H,18,20,21)/t7-,8+,13+/m0/s1. The van der Waals surface area contributed by atoms with E-state index >= 15 is 0 Å². The summed E-state index contributed by atoms with van der Waals surface area (Å²) in [5.41, 5.74) is 0.429. The molecule has 3 atom stereocenters. The average Bonchev–Trinajstić information content (AvgIpc) is 3.12. The number of carboxylic acid groups (broad SMARTS) is 2. The van der Waals surface area contributed by atoms with Gasteiger partial charge in [0, 0.05) is 7.05 Å². The van der Waals surface area contributed by atoms with Crippen molar-refractivity contribution < 1.29 is 39.5 Å². The van der Waals surface area contributed by atoms with Crippen molar-refractivity contribution in [2.24, 2.45) is 0 Å². The maximum absolute atomic E-state index is 10.9. The van der Waals surface area contributed by atoms with Crippen LogP contribution in [0.5, 0.6) is 0 Å². The SMILES string of the molecule is C#C[C@@H](O)[C@@H](O[C@@H](CO)COC(C(=O)O)C(=O)O)n1cnc2c(NC)nc(Cl)nc21. The second kappa shape index (κ2) is 10.1. The molecule has 0 unspecified atom stereocenters. The van der Waals surface area contributed by atoms with Crippen molar-refractivity contribution >= 4 is 40.5 Å². The van der Waals surface area contributed by atoms with Crippen molar-refractivity contribution in [2.45, 2.75) is 24.5 Å². The molecular formula is C16H18ClN5O8. The summed E-state index contributed by atoms with van der Waals surface area (Å²) >= 11 is 5.91. The van der Waals surface area contributed by atoms with Crippen LogP contribution in [0.3, 0.4) is 0 Å². The highest BCUT2D eigenvalue weighted by Gasteiger charge is 2.31. The van der Waals surface area contributed by atoms with Crippen molar-refractivity contribution in [1.82, 2.24) is 19.5 Å². The molecule has 0 fully saturated rings. The average molecular weight is 444 g/mol. The van der Waals surface area contributed by atoms with Crippen molar-refractivity contribution in [2.75, 3.05) is 25.6 Å². The summed E-state index contributed by atoms with van der Waals surface area (Å²) in [6.07, 6.45) is 0.203. The lowest BCUT2D eigenvalue weighted by Gasteiger charge is -2.26. The summed E-state index contributed by atoms with van der Waals surface area (Å²) in [5, 5.41) is 40.2. The third-order valence-electron chi connectivity index (χ3n) is 3.78. The van der Waals surface area contributed by atoms with Gasteiger partial charge in [0.15, 0.2) is 29.3 Å². The predicted molar refractivity (Wildman–Crippen MR) is 101 cm³/mol. The number of aliphatic hydroxyl groups excluding tert-OH is 2. The number of anilines is 1. The van der Waals surface area contributed by atoms with Gasteiger partial charge in [0.1, 0.15) is 6.10 Å². The zero-order valence-corrected chi connectivity index (χ0v) is 16.2. The molecule has 2 aromatic heterocycles. The fourth-order valence-electron chi connectivity index (χ4n) is 2.41. The van der Waals surface area contributed by atoms with Gasteiger partial charge in [-0.2, -0.15) is 9.97 Å². The molecule has 162 valence electrons. The monoisotopic (exact) mass is 443 g/mol. The summed E-state index contributed by atoms with van der Waals surface area (Å²) in [6.45, 7) is -1.33. The molecule has 0 saturated heterocycles. The maximum Gasteiger partial charge on any atom is 0.344 e. The number of terminal acetylenes is 1. The first kappa shape index (κ1) is 23.3. The Labute approximate surface area is 174 Å². The summed E-state index contributed by atoms with van der Waals surface area (Å²) in [5.74, 6) is -1.09. The van der Waals surface area contributed by atoms with E-state index in [-0.39, 0.29) is 16.4 Å². The first-order valence-electron chi connectivity index (χ1n) is 8.29. The molecule has 0 saturated carbocycles. The Bertz CT molecular complexity index is 947. The van der Waals surface area contributed by atoms with Gasteiger partial charge in [0.05, 0.1) is 19.5 Å². The quantitative estimate of drug-likeness (QED) is 0.161. The molecule has 13 nitrogen and oxygen atoms in total. The number of carboxylic acids is 2. The molecule has 0 aliphatic rings. The van der Waals surface area contributed by atoms with Crippen LogP contribution in [-0.4, -0.2) is 90.5 Å². The predicted octanol–water partition coefficient (Wildman–Crippen LogP) is -1.05. The van der Waals surface area contributed by atoms with Gasteiger partial charge in [-0.05, 0) is 11.6 Å². The molecule has 2 heterocycles. The van der Waals surface area contributed by atoms with Gasteiger partial charge in [-0.3, -0.25) is 4.57 Å². The molecule has 0 aliphatic carbocycles. The fraction of sp³-hybridized carbons (Fsp3) is 0.438. The zero-order chi connectivity index (χ0) is 22.4. The van der Waals surface area contributed by atoms with Gasteiger partial charge in [0.2, 0.25) is 5.28 Å². The van der Waals surface area contributed by atoms with E-state index < -0.39 is 49.7 Å². The fourth-order valence-corrected chi connectivity index (χ4v) is 2.57. The number of hydrogen-bond donors (Lipinski definition) is 5. The van der Waals surface area contributed by atoms with E-state index in [4.69, 9.17) is 37.7 Å². The number of hydrogen-bond acceptors (Lipinski definition) is 10. The van der Waals surface area contributed by atoms with Crippen LogP contribution in [0, 0.1) is 12.3 Å². The molecule has 30 heavy (non-hydrogen) atoms. The van der Waals surface area contributed by atoms with E-state index in [2.05, 4.69) is 26.2 Å². The van der Waals surface area contributed by atoms with E-state index in [0.29, 0.717) is 5.82 Å².